The molecule has 0 heterocycles. The Kier molecular flexibility index (Phi) is 5.16. The first-order valence-corrected chi connectivity index (χ1v) is 7.36. The highest BCUT2D eigenvalue weighted by Crippen LogP contribution is 2.21. The van der Waals surface area contributed by atoms with Gasteiger partial charge >= 0.3 is 5.97 Å². The van der Waals surface area contributed by atoms with Gasteiger partial charge in [0.15, 0.2) is 0 Å². The van der Waals surface area contributed by atoms with Crippen molar-refractivity contribution in [1.29, 1.82) is 0 Å². The Balaban J connectivity index is 1.80. The molecule has 1 aromatic rings. The van der Waals surface area contributed by atoms with Gasteiger partial charge < -0.3 is 10.4 Å². The molecule has 0 aliphatic heterocycles. The summed E-state index contributed by atoms with van der Waals surface area (Å²) >= 11 is 3.42. The summed E-state index contributed by atoms with van der Waals surface area (Å²) in [6.45, 7) is 1.73. The molecule has 1 aromatic carbocycles. The van der Waals surface area contributed by atoms with Gasteiger partial charge in [-0.15, -0.1) is 0 Å². The molecule has 0 aromatic heterocycles. The van der Waals surface area contributed by atoms with Gasteiger partial charge in [-0.05, 0) is 49.9 Å². The Hall–Kier alpha value is -1.13. The van der Waals surface area contributed by atoms with Gasteiger partial charge in [0.1, 0.15) is 0 Å². The van der Waals surface area contributed by atoms with Crippen molar-refractivity contribution in [2.45, 2.75) is 32.2 Å². The number of hydrogen-bond acceptors (Lipinski definition) is 2. The molecule has 0 amide bonds. The molecule has 2 rings (SSSR count). The molecule has 2 N–H and O–H groups in total. The highest BCUT2D eigenvalue weighted by Gasteiger charge is 2.07. The summed E-state index contributed by atoms with van der Waals surface area (Å²) in [6.07, 6.45) is 7.25. The molecule has 0 atom stereocenters. The molecule has 1 aliphatic carbocycles. The molecule has 0 bridgehead atoms. The first-order valence-electron chi connectivity index (χ1n) is 6.57. The Morgan fingerprint density at radius 3 is 2.89 bits per heavy atom. The Morgan fingerprint density at radius 1 is 1.42 bits per heavy atom. The molecule has 0 radical (unpaired) electrons. The number of nitrogens with one attached hydrogen (secondary N) is 1. The van der Waals surface area contributed by atoms with Crippen molar-refractivity contribution >= 4 is 21.9 Å². The van der Waals surface area contributed by atoms with E-state index in [0.717, 1.165) is 29.5 Å². The maximum Gasteiger partial charge on any atom is 0.335 e. The van der Waals surface area contributed by atoms with Crippen LogP contribution in [0.4, 0.5) is 0 Å². The number of halogens is 1. The number of carboxylic acid groups (broad SMARTS) is 1. The van der Waals surface area contributed by atoms with E-state index in [1.807, 2.05) is 6.07 Å². The first-order chi connectivity index (χ1) is 9.16. The largest absolute Gasteiger partial charge is 0.478 e. The van der Waals surface area contributed by atoms with E-state index >= 15 is 0 Å². The molecule has 19 heavy (non-hydrogen) atoms. The molecule has 0 saturated carbocycles. The minimum absolute atomic E-state index is 0.312. The van der Waals surface area contributed by atoms with Crippen LogP contribution in [0, 0.1) is 0 Å². The lowest BCUT2D eigenvalue weighted by Gasteiger charge is -2.08. The molecule has 0 fully saturated rings. The minimum Gasteiger partial charge on any atom is -0.478 e. The summed E-state index contributed by atoms with van der Waals surface area (Å²) in [4.78, 5) is 10.8. The van der Waals surface area contributed by atoms with Crippen molar-refractivity contribution in [1.82, 2.24) is 5.32 Å². The van der Waals surface area contributed by atoms with E-state index in [9.17, 15) is 4.79 Å². The van der Waals surface area contributed by atoms with Crippen LogP contribution in [0.1, 0.15) is 41.6 Å². The molecular weight excluding hydrogens is 306 g/mol. The molecular formula is C15H18BrNO2. The first kappa shape index (κ1) is 14.3. The normalized spacial score (nSPS) is 14.5. The van der Waals surface area contributed by atoms with Crippen LogP contribution in [-0.2, 0) is 6.54 Å². The second kappa shape index (κ2) is 6.87. The predicted molar refractivity (Wildman–Crippen MR) is 79.4 cm³/mol. The minimum atomic E-state index is -0.895. The van der Waals surface area contributed by atoms with Crippen LogP contribution in [0.2, 0.25) is 0 Å². The highest BCUT2D eigenvalue weighted by molar-refractivity contribution is 9.10. The fourth-order valence-electron chi connectivity index (χ4n) is 2.26. The van der Waals surface area contributed by atoms with E-state index in [4.69, 9.17) is 5.11 Å². The summed E-state index contributed by atoms with van der Waals surface area (Å²) in [5.41, 5.74) is 2.96. The second-order valence-electron chi connectivity index (χ2n) is 4.79. The smallest absolute Gasteiger partial charge is 0.335 e. The standard InChI is InChI=1S/C15H18BrNO2/c16-14-9-12(15(18)19)5-6-13(14)10-17-8-7-11-3-1-2-4-11/h3,5-6,9,17H,1-2,4,7-8,10H2,(H,18,19). The van der Waals surface area contributed by atoms with Gasteiger partial charge in [0.25, 0.3) is 0 Å². The number of aromatic carboxylic acids is 1. The summed E-state index contributed by atoms with van der Waals surface area (Å²) in [6, 6.07) is 5.15. The van der Waals surface area contributed by atoms with Crippen molar-refractivity contribution in [3.63, 3.8) is 0 Å². The SMILES string of the molecule is O=C(O)c1ccc(CNCCC2=CCCC2)c(Br)c1. The lowest BCUT2D eigenvalue weighted by Crippen LogP contribution is -2.15. The summed E-state index contributed by atoms with van der Waals surface area (Å²) in [7, 11) is 0. The van der Waals surface area contributed by atoms with Crippen LogP contribution in [-0.4, -0.2) is 17.6 Å². The monoisotopic (exact) mass is 323 g/mol. The maximum atomic E-state index is 10.8. The number of hydrogen-bond donors (Lipinski definition) is 2. The summed E-state index contributed by atoms with van der Waals surface area (Å²) in [5.74, 6) is -0.895. The Morgan fingerprint density at radius 2 is 2.26 bits per heavy atom. The van der Waals surface area contributed by atoms with Crippen LogP contribution in [0.3, 0.4) is 0 Å². The summed E-state index contributed by atoms with van der Waals surface area (Å²) in [5, 5.41) is 12.3. The molecule has 0 spiro atoms. The second-order valence-corrected chi connectivity index (χ2v) is 5.65. The predicted octanol–water partition coefficient (Wildman–Crippen LogP) is 3.74. The Bertz CT molecular complexity index is 497. The highest BCUT2D eigenvalue weighted by atomic mass is 79.9. The fraction of sp³-hybridized carbons (Fsp3) is 0.400. The molecule has 3 nitrogen and oxygen atoms in total. The number of allylic oxidation sites excluding steroid dienone is 1. The third-order valence-corrected chi connectivity index (χ3v) is 4.11. The number of rotatable bonds is 6. The number of benzene rings is 1. The van der Waals surface area contributed by atoms with E-state index in [2.05, 4.69) is 27.3 Å². The maximum absolute atomic E-state index is 10.8. The van der Waals surface area contributed by atoms with Crippen molar-refractivity contribution < 1.29 is 9.90 Å². The van der Waals surface area contributed by atoms with Crippen LogP contribution in [0.25, 0.3) is 0 Å². The van der Waals surface area contributed by atoms with E-state index in [1.54, 1.807) is 17.7 Å². The average molecular weight is 324 g/mol. The van der Waals surface area contributed by atoms with Crippen molar-refractivity contribution in [2.75, 3.05) is 6.54 Å². The van der Waals surface area contributed by atoms with Crippen molar-refractivity contribution in [3.05, 3.63) is 45.4 Å². The number of carbonyl (C=O) groups is 1. The zero-order valence-electron chi connectivity index (χ0n) is 10.8. The molecule has 4 heteroatoms. The van der Waals surface area contributed by atoms with Gasteiger partial charge in [-0.3, -0.25) is 0 Å². The third-order valence-electron chi connectivity index (χ3n) is 3.37. The molecule has 102 valence electrons. The zero-order valence-corrected chi connectivity index (χ0v) is 12.4. The van der Waals surface area contributed by atoms with Crippen molar-refractivity contribution in [3.8, 4) is 0 Å². The van der Waals surface area contributed by atoms with Gasteiger partial charge in [0.2, 0.25) is 0 Å². The van der Waals surface area contributed by atoms with Gasteiger partial charge in [-0.1, -0.05) is 33.6 Å². The third kappa shape index (κ3) is 4.18. The van der Waals surface area contributed by atoms with E-state index in [-0.39, 0.29) is 0 Å². The van der Waals surface area contributed by atoms with Crippen LogP contribution in [0.15, 0.2) is 34.3 Å². The van der Waals surface area contributed by atoms with E-state index < -0.39 is 5.97 Å². The van der Waals surface area contributed by atoms with Gasteiger partial charge in [0.05, 0.1) is 5.56 Å². The van der Waals surface area contributed by atoms with Gasteiger partial charge in [-0.2, -0.15) is 0 Å². The fourth-order valence-corrected chi connectivity index (χ4v) is 2.78. The van der Waals surface area contributed by atoms with Crippen LogP contribution >= 0.6 is 15.9 Å². The molecule has 0 unspecified atom stereocenters. The van der Waals surface area contributed by atoms with Crippen LogP contribution < -0.4 is 5.32 Å². The van der Waals surface area contributed by atoms with Crippen molar-refractivity contribution in [2.24, 2.45) is 0 Å². The quantitative estimate of drug-likeness (QED) is 0.619. The lowest BCUT2D eigenvalue weighted by molar-refractivity contribution is 0.0697. The van der Waals surface area contributed by atoms with Crippen LogP contribution in [0.5, 0.6) is 0 Å². The summed E-state index contributed by atoms with van der Waals surface area (Å²) < 4.78 is 0.847. The Labute approximate surface area is 121 Å². The lowest BCUT2D eigenvalue weighted by atomic mass is 10.1. The number of carboxylic acids is 1. The van der Waals surface area contributed by atoms with Gasteiger partial charge in [0, 0.05) is 11.0 Å². The average Bonchev–Trinajstić information content (AvgIpc) is 2.89. The van der Waals surface area contributed by atoms with E-state index in [1.165, 1.54) is 19.3 Å². The molecule has 0 saturated heterocycles. The molecule has 1 aliphatic rings. The zero-order chi connectivity index (χ0) is 13.7. The topological polar surface area (TPSA) is 49.3 Å². The van der Waals surface area contributed by atoms with E-state index in [0.29, 0.717) is 5.56 Å². The van der Waals surface area contributed by atoms with Gasteiger partial charge in [-0.25, -0.2) is 4.79 Å².